The summed E-state index contributed by atoms with van der Waals surface area (Å²) in [6.45, 7) is 5.76. The molecule has 2 heterocycles. The Morgan fingerprint density at radius 2 is 1.86 bits per heavy atom. The Kier molecular flexibility index (Phi) is 8.39. The topological polar surface area (TPSA) is 146 Å². The fraction of sp³-hybridized carbons (Fsp3) is 0.462. The Bertz CT molecular complexity index is 1150. The number of rotatable bonds is 8. The van der Waals surface area contributed by atoms with Gasteiger partial charge in [-0.2, -0.15) is 0 Å². The number of carbonyl (C=O) groups excluding carboxylic acids is 4. The molecule has 0 saturated carbocycles. The molecule has 2 aromatic rings. The first-order chi connectivity index (χ1) is 17.0. The van der Waals surface area contributed by atoms with Crippen molar-refractivity contribution in [1.29, 1.82) is 0 Å². The van der Waals surface area contributed by atoms with Crippen LogP contribution >= 0.6 is 0 Å². The first-order valence-corrected chi connectivity index (χ1v) is 12.0. The summed E-state index contributed by atoms with van der Waals surface area (Å²) < 4.78 is 0. The van der Waals surface area contributed by atoms with E-state index < -0.39 is 53.7 Å². The molecule has 3 N–H and O–H groups in total. The lowest BCUT2D eigenvalue weighted by molar-refractivity contribution is -0.146. The molecular weight excluding hydrogens is 464 g/mol. The number of nitrogens with zero attached hydrogens (tertiary/aromatic N) is 2. The minimum absolute atomic E-state index is 0.200. The number of benzene rings is 1. The van der Waals surface area contributed by atoms with E-state index in [4.69, 9.17) is 5.11 Å². The Morgan fingerprint density at radius 1 is 1.14 bits per heavy atom. The first-order valence-electron chi connectivity index (χ1n) is 12.0. The zero-order valence-electron chi connectivity index (χ0n) is 20.7. The summed E-state index contributed by atoms with van der Waals surface area (Å²) in [5, 5.41) is 15.7. The molecule has 3 rings (SSSR count). The minimum atomic E-state index is -1.22. The smallest absolute Gasteiger partial charge is 0.305 e. The van der Waals surface area contributed by atoms with Crippen LogP contribution in [-0.2, 0) is 19.2 Å². The Morgan fingerprint density at radius 3 is 2.53 bits per heavy atom. The van der Waals surface area contributed by atoms with E-state index >= 15 is 0 Å². The monoisotopic (exact) mass is 496 g/mol. The number of carboxylic acid groups (broad SMARTS) is 1. The van der Waals surface area contributed by atoms with E-state index in [1.807, 2.05) is 32.9 Å². The summed E-state index contributed by atoms with van der Waals surface area (Å²) in [5.74, 6) is -2.73. The van der Waals surface area contributed by atoms with Crippen molar-refractivity contribution in [3.05, 3.63) is 42.2 Å². The summed E-state index contributed by atoms with van der Waals surface area (Å²) >= 11 is 0. The zero-order valence-corrected chi connectivity index (χ0v) is 20.7. The van der Waals surface area contributed by atoms with Crippen molar-refractivity contribution in [2.75, 3.05) is 6.54 Å². The number of piperidine rings is 1. The number of carbonyl (C=O) groups is 5. The maximum Gasteiger partial charge on any atom is 0.305 e. The molecule has 1 aliphatic rings. The second-order valence-electron chi connectivity index (χ2n) is 10.0. The third-order valence-electron chi connectivity index (χ3n) is 6.25. The van der Waals surface area contributed by atoms with Crippen LogP contribution in [0.1, 0.15) is 56.9 Å². The molecule has 0 radical (unpaired) electrons. The van der Waals surface area contributed by atoms with Crippen molar-refractivity contribution in [2.24, 2.45) is 5.41 Å². The molecule has 3 atom stereocenters. The predicted octanol–water partition coefficient (Wildman–Crippen LogP) is 1.92. The lowest BCUT2D eigenvalue weighted by Crippen LogP contribution is -2.61. The highest BCUT2D eigenvalue weighted by Crippen LogP contribution is 2.26. The van der Waals surface area contributed by atoms with Gasteiger partial charge < -0.3 is 25.4 Å². The average molecular weight is 497 g/mol. The summed E-state index contributed by atoms with van der Waals surface area (Å²) in [6, 6.07) is 6.10. The van der Waals surface area contributed by atoms with Gasteiger partial charge in [0.1, 0.15) is 24.1 Å². The van der Waals surface area contributed by atoms with E-state index in [1.54, 1.807) is 18.2 Å². The number of aliphatic carboxylic acids is 1. The summed E-state index contributed by atoms with van der Waals surface area (Å²) in [5.41, 5.74) is -0.490. The molecule has 1 fully saturated rings. The number of nitrogens with one attached hydrogen (secondary N) is 2. The van der Waals surface area contributed by atoms with Crippen LogP contribution in [0.2, 0.25) is 0 Å². The van der Waals surface area contributed by atoms with Gasteiger partial charge in [0.05, 0.1) is 12.5 Å². The van der Waals surface area contributed by atoms with E-state index in [1.165, 1.54) is 11.1 Å². The quantitative estimate of drug-likeness (QED) is 0.473. The summed E-state index contributed by atoms with van der Waals surface area (Å²) in [7, 11) is 0. The second-order valence-corrected chi connectivity index (χ2v) is 10.0. The van der Waals surface area contributed by atoms with Crippen LogP contribution in [0.15, 0.2) is 36.5 Å². The number of amides is 3. The molecule has 1 saturated heterocycles. The van der Waals surface area contributed by atoms with Crippen LogP contribution < -0.4 is 10.6 Å². The average Bonchev–Trinajstić information content (AvgIpc) is 2.84. The van der Waals surface area contributed by atoms with Gasteiger partial charge in [0.2, 0.25) is 11.8 Å². The molecule has 36 heavy (non-hydrogen) atoms. The van der Waals surface area contributed by atoms with Gasteiger partial charge in [-0.05, 0) is 36.1 Å². The van der Waals surface area contributed by atoms with Gasteiger partial charge in [0.25, 0.3) is 5.91 Å². The highest BCUT2D eigenvalue weighted by Gasteiger charge is 2.41. The Labute approximate surface area is 209 Å². The summed E-state index contributed by atoms with van der Waals surface area (Å²) in [6.07, 6.45) is 3.10. The van der Waals surface area contributed by atoms with Crippen LogP contribution in [0.5, 0.6) is 0 Å². The van der Waals surface area contributed by atoms with Gasteiger partial charge in [0, 0.05) is 18.1 Å². The van der Waals surface area contributed by atoms with Gasteiger partial charge in [-0.25, -0.2) is 0 Å². The van der Waals surface area contributed by atoms with Crippen LogP contribution in [0.25, 0.3) is 10.8 Å². The van der Waals surface area contributed by atoms with E-state index in [0.29, 0.717) is 37.5 Å². The highest BCUT2D eigenvalue weighted by atomic mass is 16.4. The lowest BCUT2D eigenvalue weighted by Gasteiger charge is -2.40. The van der Waals surface area contributed by atoms with Crippen molar-refractivity contribution in [3.63, 3.8) is 0 Å². The number of aldehydes is 1. The van der Waals surface area contributed by atoms with Gasteiger partial charge >= 0.3 is 5.97 Å². The summed E-state index contributed by atoms with van der Waals surface area (Å²) in [4.78, 5) is 67.9. The van der Waals surface area contributed by atoms with Gasteiger partial charge in [-0.1, -0.05) is 45.0 Å². The molecule has 10 heteroatoms. The first kappa shape index (κ1) is 26.8. The number of pyridine rings is 1. The van der Waals surface area contributed by atoms with Gasteiger partial charge in [-0.15, -0.1) is 0 Å². The van der Waals surface area contributed by atoms with Crippen LogP contribution in [0, 0.1) is 5.41 Å². The normalized spacial score (nSPS) is 17.6. The third-order valence-corrected chi connectivity index (χ3v) is 6.25. The minimum Gasteiger partial charge on any atom is -0.481 e. The fourth-order valence-electron chi connectivity index (χ4n) is 4.38. The molecule has 0 bridgehead atoms. The van der Waals surface area contributed by atoms with Gasteiger partial charge in [0.15, 0.2) is 0 Å². The number of likely N-dealkylation sites (tertiary alicyclic amines) is 1. The molecular formula is C26H32N4O6. The maximum atomic E-state index is 13.8. The van der Waals surface area contributed by atoms with Gasteiger partial charge in [-0.3, -0.25) is 24.2 Å². The molecule has 0 spiro atoms. The number of hydrogen-bond donors (Lipinski definition) is 3. The number of fused-ring (bicyclic) bond motifs is 1. The maximum absolute atomic E-state index is 13.8. The van der Waals surface area contributed by atoms with E-state index in [9.17, 15) is 24.0 Å². The molecule has 3 amide bonds. The second kappa shape index (κ2) is 11.3. The molecule has 0 aliphatic carbocycles. The van der Waals surface area contributed by atoms with Crippen LogP contribution in [0.3, 0.4) is 0 Å². The SMILES string of the molecule is CC(C)(C)[C@H](NC(=O)c1nccc2ccccc12)C(=O)N1CCCCC1C(=O)N[C@H](C=O)CC(=O)O. The highest BCUT2D eigenvalue weighted by molar-refractivity contribution is 6.06. The fourth-order valence-corrected chi connectivity index (χ4v) is 4.38. The molecule has 10 nitrogen and oxygen atoms in total. The molecule has 192 valence electrons. The van der Waals surface area contributed by atoms with Crippen molar-refractivity contribution < 1.29 is 29.1 Å². The van der Waals surface area contributed by atoms with Crippen molar-refractivity contribution >= 4 is 40.7 Å². The largest absolute Gasteiger partial charge is 0.481 e. The Hall–Kier alpha value is -3.82. The van der Waals surface area contributed by atoms with Crippen molar-refractivity contribution in [2.45, 2.75) is 64.6 Å². The molecule has 1 aliphatic heterocycles. The van der Waals surface area contributed by atoms with E-state index in [-0.39, 0.29) is 5.69 Å². The van der Waals surface area contributed by atoms with Crippen molar-refractivity contribution in [3.8, 4) is 0 Å². The van der Waals surface area contributed by atoms with Crippen LogP contribution in [-0.4, -0.2) is 69.6 Å². The van der Waals surface area contributed by atoms with E-state index in [0.717, 1.165) is 5.39 Å². The predicted molar refractivity (Wildman–Crippen MR) is 132 cm³/mol. The standard InChI is InChI=1S/C26H32N4O6/c1-26(2,3)22(29-24(35)21-18-9-5-4-8-16(18)11-12-27-21)25(36)30-13-7-6-10-19(30)23(34)28-17(15-31)14-20(32)33/h4-5,8-9,11-12,15,17,19,22H,6-7,10,13-14H2,1-3H3,(H,28,34)(H,29,35)(H,32,33)/t17-,19?,22+/m0/s1. The van der Waals surface area contributed by atoms with E-state index in [2.05, 4.69) is 15.6 Å². The molecule has 1 unspecified atom stereocenters. The zero-order chi connectivity index (χ0) is 26.5. The van der Waals surface area contributed by atoms with Crippen LogP contribution in [0.4, 0.5) is 0 Å². The Balaban J connectivity index is 1.84. The van der Waals surface area contributed by atoms with Crippen molar-refractivity contribution in [1.82, 2.24) is 20.5 Å². The number of carboxylic acids is 1. The lowest BCUT2D eigenvalue weighted by atomic mass is 9.84. The third kappa shape index (κ3) is 6.24. The molecule has 1 aromatic carbocycles. The molecule has 1 aromatic heterocycles. The number of aromatic nitrogens is 1. The number of hydrogen-bond acceptors (Lipinski definition) is 6.